The molecule has 7 nitrogen and oxygen atoms in total. The molecule has 1 unspecified atom stereocenters. The van der Waals surface area contributed by atoms with Crippen molar-refractivity contribution in [3.63, 3.8) is 0 Å². The smallest absolute Gasteiger partial charge is 0.308 e. The summed E-state index contributed by atoms with van der Waals surface area (Å²) in [5.41, 5.74) is -0.887. The second-order valence-corrected chi connectivity index (χ2v) is 12.3. The number of Topliss-reactive ketones (excluding diaryl/α,β-unsaturated/α-hetero) is 1. The summed E-state index contributed by atoms with van der Waals surface area (Å²) in [6.07, 6.45) is 9.09. The van der Waals surface area contributed by atoms with Crippen molar-refractivity contribution in [2.24, 2.45) is 34.5 Å². The van der Waals surface area contributed by atoms with Gasteiger partial charge in [0.25, 0.3) is 0 Å². The van der Waals surface area contributed by atoms with Crippen LogP contribution in [0.5, 0.6) is 0 Å². The fourth-order valence-corrected chi connectivity index (χ4v) is 8.31. The highest BCUT2D eigenvalue weighted by atomic mass is 16.6. The molecule has 0 radical (unpaired) electrons. The molecule has 4 aliphatic rings. The van der Waals surface area contributed by atoms with Gasteiger partial charge < -0.3 is 14.6 Å². The zero-order valence-corrected chi connectivity index (χ0v) is 22.9. The van der Waals surface area contributed by atoms with E-state index < -0.39 is 35.7 Å². The first kappa shape index (κ1) is 27.7. The van der Waals surface area contributed by atoms with Crippen molar-refractivity contribution in [1.29, 1.82) is 0 Å². The van der Waals surface area contributed by atoms with Gasteiger partial charge in [-0.2, -0.15) is 0 Å². The van der Waals surface area contributed by atoms with Crippen LogP contribution in [-0.4, -0.2) is 46.9 Å². The lowest BCUT2D eigenvalue weighted by atomic mass is 9.45. The topological polar surface area (TPSA) is 107 Å². The summed E-state index contributed by atoms with van der Waals surface area (Å²) < 4.78 is 11.4. The van der Waals surface area contributed by atoms with Crippen molar-refractivity contribution >= 4 is 23.5 Å². The van der Waals surface area contributed by atoms with Crippen LogP contribution in [0.25, 0.3) is 0 Å². The summed E-state index contributed by atoms with van der Waals surface area (Å²) in [7, 11) is 0. The van der Waals surface area contributed by atoms with E-state index in [9.17, 15) is 24.3 Å². The molecular weight excluding hydrogens is 472 g/mol. The zero-order chi connectivity index (χ0) is 27.2. The molecule has 37 heavy (non-hydrogen) atoms. The summed E-state index contributed by atoms with van der Waals surface area (Å²) in [5.74, 6) is -0.256. The first-order valence-electron chi connectivity index (χ1n) is 13.9. The number of allylic oxidation sites excluding steroid dienone is 4. The maximum Gasteiger partial charge on any atom is 0.308 e. The molecule has 7 heteroatoms. The molecular formula is C30H42O7. The lowest BCUT2D eigenvalue weighted by Crippen LogP contribution is -2.60. The van der Waals surface area contributed by atoms with Gasteiger partial charge in [0.1, 0.15) is 0 Å². The van der Waals surface area contributed by atoms with Crippen LogP contribution in [0.2, 0.25) is 0 Å². The third-order valence-corrected chi connectivity index (χ3v) is 10.0. The number of carbonyl (C=O) groups is 4. The molecule has 3 saturated carbocycles. The summed E-state index contributed by atoms with van der Waals surface area (Å²) in [5, 5.41) is 9.49. The van der Waals surface area contributed by atoms with Gasteiger partial charge in [0.2, 0.25) is 5.78 Å². The van der Waals surface area contributed by atoms with Crippen molar-refractivity contribution in [3.8, 4) is 0 Å². The molecule has 4 aliphatic carbocycles. The second-order valence-electron chi connectivity index (χ2n) is 12.3. The Morgan fingerprint density at radius 1 is 1.14 bits per heavy atom. The maximum absolute atomic E-state index is 13.8. The number of rotatable bonds is 8. The van der Waals surface area contributed by atoms with Crippen molar-refractivity contribution in [2.75, 3.05) is 6.61 Å². The second kappa shape index (κ2) is 10.1. The van der Waals surface area contributed by atoms with Gasteiger partial charge in [-0.1, -0.05) is 39.3 Å². The van der Waals surface area contributed by atoms with Crippen molar-refractivity contribution in [1.82, 2.24) is 0 Å². The number of esters is 2. The molecule has 0 saturated heterocycles. The van der Waals surface area contributed by atoms with E-state index in [0.29, 0.717) is 31.1 Å². The van der Waals surface area contributed by atoms with Crippen molar-refractivity contribution in [2.45, 2.75) is 97.7 Å². The number of hydrogen-bond acceptors (Lipinski definition) is 7. The molecule has 0 aromatic carbocycles. The molecule has 0 heterocycles. The third kappa shape index (κ3) is 4.62. The van der Waals surface area contributed by atoms with Gasteiger partial charge in [-0.15, -0.1) is 0 Å². The highest BCUT2D eigenvalue weighted by Gasteiger charge is 2.69. The molecule has 4 rings (SSSR count). The minimum absolute atomic E-state index is 0.0527. The standard InChI is InChI=1S/C30H42O7/c1-6-7-26(34)37-30(25(33)17-36-27(35)15-19(3)31)13-10-23-21-14-18(2)24-16-20(32)8-11-28(24,4)22(21)9-12-29(23,30)5/h8,11,16,18-19,21-23,31H,6-7,9-10,12-15,17H2,1-5H3/t18-,19?,21+,22-,23-,28+,29-,30-/m0/s1. The Morgan fingerprint density at radius 3 is 2.51 bits per heavy atom. The van der Waals surface area contributed by atoms with E-state index in [1.54, 1.807) is 6.08 Å². The van der Waals surface area contributed by atoms with Crippen LogP contribution >= 0.6 is 0 Å². The average molecular weight is 515 g/mol. The Morgan fingerprint density at radius 2 is 1.84 bits per heavy atom. The van der Waals surface area contributed by atoms with E-state index in [2.05, 4.69) is 26.8 Å². The summed E-state index contributed by atoms with van der Waals surface area (Å²) >= 11 is 0. The molecule has 0 aliphatic heterocycles. The maximum atomic E-state index is 13.8. The molecule has 1 N–H and O–H groups in total. The van der Waals surface area contributed by atoms with Gasteiger partial charge in [-0.3, -0.25) is 19.2 Å². The molecule has 0 spiro atoms. The van der Waals surface area contributed by atoms with E-state index >= 15 is 0 Å². The molecule has 204 valence electrons. The van der Waals surface area contributed by atoms with Crippen LogP contribution in [-0.2, 0) is 28.7 Å². The third-order valence-electron chi connectivity index (χ3n) is 10.0. The first-order chi connectivity index (χ1) is 17.4. The highest BCUT2D eigenvalue weighted by Crippen LogP contribution is 2.68. The average Bonchev–Trinajstić information content (AvgIpc) is 3.11. The summed E-state index contributed by atoms with van der Waals surface area (Å²) in [6.45, 7) is 9.45. The number of fused-ring (bicyclic) bond motifs is 5. The Labute approximate surface area is 220 Å². The SMILES string of the molecule is CCCC(=O)O[C@]1(C(=O)COC(=O)CC(C)O)CC[C@H]2[C@@H]3C[C@H](C)C4=CC(=O)C=C[C@]4(C)[C@H]3CC[C@@]21C. The van der Waals surface area contributed by atoms with Crippen molar-refractivity contribution < 1.29 is 33.8 Å². The highest BCUT2D eigenvalue weighted by molar-refractivity contribution is 6.01. The Bertz CT molecular complexity index is 1020. The fourth-order valence-electron chi connectivity index (χ4n) is 8.31. The van der Waals surface area contributed by atoms with E-state index in [1.165, 1.54) is 12.5 Å². The summed E-state index contributed by atoms with van der Waals surface area (Å²) in [6, 6.07) is 0. The number of hydrogen-bond donors (Lipinski definition) is 1. The molecule has 0 aromatic heterocycles. The van der Waals surface area contributed by atoms with Crippen LogP contribution in [0.4, 0.5) is 0 Å². The number of carbonyl (C=O) groups excluding carboxylic acids is 4. The lowest BCUT2D eigenvalue weighted by molar-refractivity contribution is -0.192. The van der Waals surface area contributed by atoms with Gasteiger partial charge in [0.05, 0.1) is 12.5 Å². The van der Waals surface area contributed by atoms with E-state index in [1.807, 2.05) is 13.0 Å². The van der Waals surface area contributed by atoms with E-state index in [0.717, 1.165) is 19.3 Å². The molecule has 8 atom stereocenters. The van der Waals surface area contributed by atoms with Crippen LogP contribution in [0.3, 0.4) is 0 Å². The van der Waals surface area contributed by atoms with Crippen LogP contribution in [0.1, 0.15) is 86.0 Å². The molecule has 3 fully saturated rings. The molecule has 0 bridgehead atoms. The number of aliphatic hydroxyl groups excluding tert-OH is 1. The van der Waals surface area contributed by atoms with Gasteiger partial charge in [0.15, 0.2) is 18.0 Å². The Hall–Kier alpha value is -2.28. The van der Waals surface area contributed by atoms with Crippen LogP contribution < -0.4 is 0 Å². The predicted molar refractivity (Wildman–Crippen MR) is 137 cm³/mol. The molecule has 0 aromatic rings. The summed E-state index contributed by atoms with van der Waals surface area (Å²) in [4.78, 5) is 51.0. The first-order valence-corrected chi connectivity index (χ1v) is 13.9. The monoisotopic (exact) mass is 514 g/mol. The lowest BCUT2D eigenvalue weighted by Gasteiger charge is -2.59. The van der Waals surface area contributed by atoms with Gasteiger partial charge in [-0.25, -0.2) is 0 Å². The normalized spacial score (nSPS) is 39.1. The van der Waals surface area contributed by atoms with Crippen LogP contribution in [0.15, 0.2) is 23.8 Å². The quantitative estimate of drug-likeness (QED) is 0.475. The fraction of sp³-hybridized carbons (Fsp3) is 0.733. The predicted octanol–water partition coefficient (Wildman–Crippen LogP) is 4.51. The van der Waals surface area contributed by atoms with E-state index in [-0.39, 0.29) is 41.7 Å². The van der Waals surface area contributed by atoms with Gasteiger partial charge in [-0.05, 0) is 81.3 Å². The van der Waals surface area contributed by atoms with E-state index in [4.69, 9.17) is 9.47 Å². The largest absolute Gasteiger partial charge is 0.457 e. The Balaban J connectivity index is 1.65. The zero-order valence-electron chi connectivity index (χ0n) is 22.9. The van der Waals surface area contributed by atoms with Gasteiger partial charge in [0, 0.05) is 17.3 Å². The van der Waals surface area contributed by atoms with Crippen molar-refractivity contribution in [3.05, 3.63) is 23.8 Å². The number of ether oxygens (including phenoxy) is 2. The number of aliphatic hydroxyl groups is 1. The minimum Gasteiger partial charge on any atom is -0.457 e. The Kier molecular flexibility index (Phi) is 7.59. The van der Waals surface area contributed by atoms with Crippen LogP contribution in [0, 0.1) is 34.5 Å². The molecule has 0 amide bonds. The minimum atomic E-state index is -1.33. The van der Waals surface area contributed by atoms with Gasteiger partial charge >= 0.3 is 11.9 Å². The number of ketones is 2.